The van der Waals surface area contributed by atoms with Crippen LogP contribution in [-0.2, 0) is 85.9 Å². The van der Waals surface area contributed by atoms with Crippen molar-refractivity contribution in [1.82, 2.24) is 5.32 Å². The van der Waals surface area contributed by atoms with Gasteiger partial charge >= 0.3 is 41.8 Å². The minimum atomic E-state index is -0.578. The Bertz CT molecular complexity index is 3380. The second-order valence-corrected chi connectivity index (χ2v) is 28.0. The molecule has 101 heavy (non-hydrogen) atoms. The largest absolute Gasteiger partial charge is 0.462 e. The highest BCUT2D eigenvalue weighted by molar-refractivity contribution is 5.99. The highest BCUT2D eigenvalue weighted by Gasteiger charge is 2.49. The lowest BCUT2D eigenvalue weighted by molar-refractivity contribution is -0.270. The van der Waals surface area contributed by atoms with Crippen LogP contribution in [0.4, 0.5) is 0 Å². The van der Waals surface area contributed by atoms with Gasteiger partial charge in [-0.1, -0.05) is 56.0 Å². The Morgan fingerprint density at radius 3 is 1.71 bits per heavy atom. The lowest BCUT2D eigenvalue weighted by Gasteiger charge is -2.49. The zero-order valence-electron chi connectivity index (χ0n) is 58.0. The van der Waals surface area contributed by atoms with E-state index in [-0.39, 0.29) is 127 Å². The summed E-state index contributed by atoms with van der Waals surface area (Å²) in [6.07, 6.45) is 35.1. The number of rotatable bonds is 31. The Balaban J connectivity index is 0.631. The van der Waals surface area contributed by atoms with Gasteiger partial charge in [-0.15, -0.1) is 0 Å². The fourth-order valence-electron chi connectivity index (χ4n) is 15.2. The van der Waals surface area contributed by atoms with Crippen molar-refractivity contribution < 1.29 is 95.5 Å². The third kappa shape index (κ3) is 20.7. The normalized spacial score (nSPS) is 30.8. The van der Waals surface area contributed by atoms with Crippen molar-refractivity contribution in [2.24, 2.45) is 40.5 Å². The van der Waals surface area contributed by atoms with Crippen molar-refractivity contribution >= 4 is 53.3 Å². The molecule has 1 heterocycles. The number of nitrogens with one attached hydrogen (secondary N) is 1. The van der Waals surface area contributed by atoms with Gasteiger partial charge in [-0.05, 0) is 187 Å². The minimum Gasteiger partial charge on any atom is -0.462 e. The Morgan fingerprint density at radius 1 is 0.525 bits per heavy atom. The zero-order valence-corrected chi connectivity index (χ0v) is 58.0. The van der Waals surface area contributed by atoms with Crippen LogP contribution in [0.1, 0.15) is 168 Å². The molecule has 22 heteroatoms. The van der Waals surface area contributed by atoms with Crippen molar-refractivity contribution in [3.05, 3.63) is 144 Å². The average molecular weight is 1400 g/mol. The van der Waals surface area contributed by atoms with Gasteiger partial charge in [0.2, 0.25) is 0 Å². The van der Waals surface area contributed by atoms with E-state index in [1.165, 1.54) is 6.08 Å². The smallest absolute Gasteiger partial charge is 0.338 e. The van der Waals surface area contributed by atoms with Crippen molar-refractivity contribution in [3.8, 4) is 0 Å². The Hall–Kier alpha value is -7.89. The molecule has 22 nitrogen and oxygen atoms in total. The maximum atomic E-state index is 14.0. The summed E-state index contributed by atoms with van der Waals surface area (Å²) in [6.45, 7) is 8.86. The van der Waals surface area contributed by atoms with E-state index in [1.807, 2.05) is 36.5 Å². The Labute approximate surface area is 591 Å². The maximum Gasteiger partial charge on any atom is 0.338 e. The van der Waals surface area contributed by atoms with E-state index in [0.717, 1.165) is 48.6 Å². The second-order valence-electron chi connectivity index (χ2n) is 28.0. The van der Waals surface area contributed by atoms with Gasteiger partial charge in [0.1, 0.15) is 49.0 Å². The molecular weight excluding hydrogens is 1300 g/mol. The summed E-state index contributed by atoms with van der Waals surface area (Å²) in [7, 11) is 1.60. The first-order chi connectivity index (χ1) is 49.2. The highest BCUT2D eigenvalue weighted by Crippen LogP contribution is 2.47. The molecule has 544 valence electrons. The number of esters is 7. The van der Waals surface area contributed by atoms with Crippen LogP contribution in [0.25, 0.3) is 0 Å². The Morgan fingerprint density at radius 2 is 1.11 bits per heavy atom. The molecule has 0 bridgehead atoms. The molecule has 13 unspecified atom stereocenters. The summed E-state index contributed by atoms with van der Waals surface area (Å²) >= 11 is 0. The number of ether oxygens (including phenoxy) is 10. The molecule has 0 radical (unpaired) electrons. The van der Waals surface area contributed by atoms with E-state index in [2.05, 4.69) is 36.7 Å². The minimum absolute atomic E-state index is 0.0178. The van der Waals surface area contributed by atoms with Gasteiger partial charge in [0, 0.05) is 69.1 Å². The van der Waals surface area contributed by atoms with E-state index in [9.17, 15) is 38.4 Å². The van der Waals surface area contributed by atoms with Gasteiger partial charge in [0.15, 0.2) is 5.78 Å². The molecule has 3 saturated carbocycles. The predicted molar refractivity (Wildman–Crippen MR) is 369 cm³/mol. The molecule has 1 aliphatic heterocycles. The van der Waals surface area contributed by atoms with Crippen molar-refractivity contribution in [2.75, 3.05) is 40.1 Å². The topological polar surface area (TPSA) is 272 Å². The van der Waals surface area contributed by atoms with Crippen molar-refractivity contribution in [3.63, 3.8) is 0 Å². The van der Waals surface area contributed by atoms with Crippen LogP contribution in [0.15, 0.2) is 138 Å². The van der Waals surface area contributed by atoms with Gasteiger partial charge in [-0.2, -0.15) is 4.89 Å². The van der Waals surface area contributed by atoms with E-state index in [4.69, 9.17) is 62.1 Å². The predicted octanol–water partition coefficient (Wildman–Crippen LogP) is 11.1. The number of fused-ring (bicyclic) bond motifs is 7. The van der Waals surface area contributed by atoms with E-state index in [0.29, 0.717) is 153 Å². The maximum absolute atomic E-state index is 14.0. The third-order valence-corrected chi connectivity index (χ3v) is 20.9. The number of benzene rings is 1. The molecule has 0 amide bonds. The average Bonchev–Trinajstić information content (AvgIpc) is 0.731. The summed E-state index contributed by atoms with van der Waals surface area (Å²) in [6, 6.07) is 5.72. The second kappa shape index (κ2) is 36.8. The number of ketones is 1. The van der Waals surface area contributed by atoms with Crippen LogP contribution in [0.2, 0.25) is 0 Å². The third-order valence-electron chi connectivity index (χ3n) is 20.9. The molecule has 0 aromatic heterocycles. The van der Waals surface area contributed by atoms with Gasteiger partial charge in [0.25, 0.3) is 0 Å². The lowest BCUT2D eigenvalue weighted by atomic mass is 9.63. The quantitative estimate of drug-likeness (QED) is 0.0138. The molecule has 1 aromatic carbocycles. The Kier molecular flexibility index (Phi) is 27.1. The van der Waals surface area contributed by atoms with Crippen LogP contribution in [0.3, 0.4) is 0 Å². The first kappa shape index (κ1) is 74.3. The number of methoxy groups -OCH3 is 1. The number of aliphatic imine (C=N–C) groups is 1. The zero-order chi connectivity index (χ0) is 70.6. The molecule has 1 aromatic rings. The SMILES string of the molecule is C=CC(=O)CCCCCOC1C=CC(OC(=O)C2CCC(OC(=O)C3C=CC(C(=O)OC4C=C5C(=CC4)C4C=CC(OC(=O)c6ccc(C(=O)OC7CCC(C(=O)OC8C=CC(OCCCOC(=O)C=C)CC8)CC7)cc6)CC4C4=NC6CC=C(OOCCOC)CC6NC54)CC3)CC2)CC1. The van der Waals surface area contributed by atoms with Gasteiger partial charge < -0.3 is 52.3 Å². The number of carbonyl (C=O) groups is 8. The molecule has 1 N–H and O–H groups in total. The van der Waals surface area contributed by atoms with Crippen LogP contribution in [0.5, 0.6) is 0 Å². The van der Waals surface area contributed by atoms with E-state index < -0.39 is 42.0 Å². The fraction of sp³-hybridized carbons (Fsp3) is 0.582. The molecule has 9 aliphatic carbocycles. The fourth-order valence-corrected chi connectivity index (χ4v) is 15.2. The molecule has 0 spiro atoms. The van der Waals surface area contributed by atoms with E-state index in [1.54, 1.807) is 43.5 Å². The first-order valence-electron chi connectivity index (χ1n) is 36.7. The summed E-state index contributed by atoms with van der Waals surface area (Å²) in [5.74, 6) is -3.74. The van der Waals surface area contributed by atoms with Crippen LogP contribution < -0.4 is 5.32 Å². The van der Waals surface area contributed by atoms with Crippen LogP contribution >= 0.6 is 0 Å². The van der Waals surface area contributed by atoms with Crippen LogP contribution in [0, 0.1) is 35.5 Å². The number of allylic oxidation sites excluding steroid dienone is 2. The van der Waals surface area contributed by atoms with Crippen molar-refractivity contribution in [1.29, 1.82) is 0 Å². The number of nitrogens with zero attached hydrogens (tertiary/aromatic N) is 1. The highest BCUT2D eigenvalue weighted by atomic mass is 17.2. The number of unbranched alkanes of at least 4 members (excludes halogenated alkanes) is 2. The van der Waals surface area contributed by atoms with E-state index >= 15 is 0 Å². The number of carbonyl (C=O) groups excluding carboxylic acids is 8. The first-order valence-corrected chi connectivity index (χ1v) is 36.7. The van der Waals surface area contributed by atoms with Gasteiger partial charge in [0.05, 0.1) is 78.9 Å². The number of hydrogen-bond acceptors (Lipinski definition) is 22. The molecular formula is C79H98N2O20. The number of hydrogen-bond donors (Lipinski definition) is 1. The molecule has 10 aliphatic rings. The molecule has 11 rings (SSSR count). The summed E-state index contributed by atoms with van der Waals surface area (Å²) < 4.78 is 58.0. The van der Waals surface area contributed by atoms with Gasteiger partial charge in [-0.25, -0.2) is 14.4 Å². The standard InChI is InChI=1S/C79H98N2O20/c1-4-55(82)10-7-6-8-41-91-56-27-31-60(32-28-56)97-76(86)53-19-23-58(24-20-53)95-75(85)50-13-17-52(18-14-50)79(89)100-63-36-39-66-65-38-35-62(46-67(65)72-73(68(66)47-63)81-70-48-64(37-40-69(70)80-72)101-94-45-44-90-3)99-78(88)51-15-11-49(12-16-51)74(84)96-59-25-21-54(22-26-59)77(87)98-61-33-29-57(30-34-61)92-42-9-43-93-71(83)5-2/h4-5,11-13,15-17,27,29,31,33,35,37-39,47,50,52-54,56-63,65,67,69-70,73,81H,1-2,6-10,14,18-26,28,30,32,34,36,40-46,48H2,3H3. The summed E-state index contributed by atoms with van der Waals surface area (Å²) in [5, 5.41) is 3.92. The summed E-state index contributed by atoms with van der Waals surface area (Å²) in [4.78, 5) is 120. The monoisotopic (exact) mass is 1390 g/mol. The van der Waals surface area contributed by atoms with Gasteiger partial charge in [-0.3, -0.25) is 34.3 Å². The van der Waals surface area contributed by atoms with Crippen molar-refractivity contribution in [2.45, 2.75) is 215 Å². The lowest BCUT2D eigenvalue weighted by Crippen LogP contribution is -2.60. The summed E-state index contributed by atoms with van der Waals surface area (Å²) in [5.41, 5.74) is 3.59. The molecule has 0 saturated heterocycles. The van der Waals surface area contributed by atoms with Crippen LogP contribution in [-0.4, -0.2) is 160 Å². The molecule has 13 atom stereocenters. The molecule has 3 fully saturated rings.